The van der Waals surface area contributed by atoms with Crippen molar-refractivity contribution >= 4 is 5.71 Å². The highest BCUT2D eigenvalue weighted by atomic mass is 19.3. The van der Waals surface area contributed by atoms with Crippen LogP contribution in [0.4, 0.5) is 13.2 Å². The van der Waals surface area contributed by atoms with Crippen LogP contribution in [-0.4, -0.2) is 72.6 Å². The van der Waals surface area contributed by atoms with Crippen LogP contribution in [0.25, 0.3) is 11.3 Å². The minimum atomic E-state index is -3.49. The SMILES string of the molecule is CC/C(C)=C(N)/N=C1\C(=C(C)C)/C(=C(/C)CC)NC(c2ccc(F)cc2-c2cccc(OC)n2)C1(F)F.COCC1OCC(O)C1O. The third kappa shape index (κ3) is 8.61. The number of piperidine rings is 1. The largest absolute Gasteiger partial charge is 0.481 e. The summed E-state index contributed by atoms with van der Waals surface area (Å²) in [5.74, 6) is -3.69. The zero-order chi connectivity index (χ0) is 35.1. The van der Waals surface area contributed by atoms with E-state index >= 15 is 8.78 Å². The highest BCUT2D eigenvalue weighted by Crippen LogP contribution is 2.46. The number of hydrogen-bond donors (Lipinski definition) is 4. The summed E-state index contributed by atoms with van der Waals surface area (Å²) in [7, 11) is 2.99. The zero-order valence-corrected chi connectivity index (χ0v) is 28.3. The second-order valence-electron chi connectivity index (χ2n) is 11.7. The first-order valence-electron chi connectivity index (χ1n) is 15.6. The van der Waals surface area contributed by atoms with Crippen molar-refractivity contribution in [3.63, 3.8) is 0 Å². The van der Waals surface area contributed by atoms with Crippen LogP contribution in [0, 0.1) is 5.82 Å². The number of hydrogen-bond acceptors (Lipinski definition) is 9. The molecule has 2 aliphatic rings. The Hall–Kier alpha value is -3.71. The third-order valence-electron chi connectivity index (χ3n) is 8.23. The molecule has 12 heteroatoms. The molecule has 3 heterocycles. The lowest BCUT2D eigenvalue weighted by atomic mass is 9.81. The molecule has 4 rings (SSSR count). The van der Waals surface area contributed by atoms with Gasteiger partial charge in [-0.15, -0.1) is 0 Å². The van der Waals surface area contributed by atoms with Crippen LogP contribution in [0.15, 0.2) is 75.2 Å². The summed E-state index contributed by atoms with van der Waals surface area (Å²) in [6.45, 7) is 11.6. The molecule has 1 aromatic heterocycles. The molecule has 0 aliphatic carbocycles. The zero-order valence-electron chi connectivity index (χ0n) is 28.3. The summed E-state index contributed by atoms with van der Waals surface area (Å²) in [5, 5.41) is 21.2. The number of aromatic nitrogens is 1. The molecule has 9 nitrogen and oxygen atoms in total. The normalized spacial score (nSPS) is 24.6. The molecule has 258 valence electrons. The molecule has 2 fully saturated rings. The monoisotopic (exact) mass is 660 g/mol. The number of benzene rings is 1. The van der Waals surface area contributed by atoms with Crippen molar-refractivity contribution in [2.75, 3.05) is 27.4 Å². The number of aliphatic hydroxyl groups excluding tert-OH is 2. The Morgan fingerprint density at radius 1 is 1.11 bits per heavy atom. The van der Waals surface area contributed by atoms with Crippen molar-refractivity contribution in [3.05, 3.63) is 81.6 Å². The van der Waals surface area contributed by atoms with Crippen LogP contribution in [0.3, 0.4) is 0 Å². The van der Waals surface area contributed by atoms with Crippen molar-refractivity contribution in [2.45, 2.75) is 84.7 Å². The summed E-state index contributed by atoms with van der Waals surface area (Å²) in [6, 6.07) is 7.17. The average Bonchev–Trinajstić information content (AvgIpc) is 3.37. The van der Waals surface area contributed by atoms with E-state index in [-0.39, 0.29) is 29.7 Å². The van der Waals surface area contributed by atoms with Gasteiger partial charge in [0.1, 0.15) is 41.7 Å². The van der Waals surface area contributed by atoms with Crippen LogP contribution >= 0.6 is 0 Å². The Labute approximate surface area is 275 Å². The number of ether oxygens (including phenoxy) is 3. The van der Waals surface area contributed by atoms with E-state index < -0.39 is 35.7 Å². The lowest BCUT2D eigenvalue weighted by Gasteiger charge is -2.39. The average molecular weight is 661 g/mol. The number of methoxy groups -OCH3 is 2. The number of nitrogens with zero attached hydrogens (tertiary/aromatic N) is 2. The molecule has 0 radical (unpaired) electrons. The van der Waals surface area contributed by atoms with Gasteiger partial charge in [-0.25, -0.2) is 14.4 Å². The Bertz CT molecular complexity index is 1530. The number of rotatable bonds is 8. The number of aliphatic hydroxyl groups is 2. The highest BCUT2D eigenvalue weighted by Gasteiger charge is 2.53. The van der Waals surface area contributed by atoms with Gasteiger partial charge in [0.2, 0.25) is 5.88 Å². The van der Waals surface area contributed by atoms with Crippen LogP contribution in [-0.2, 0) is 9.47 Å². The van der Waals surface area contributed by atoms with Crippen LogP contribution < -0.4 is 15.8 Å². The lowest BCUT2D eigenvalue weighted by Crippen LogP contribution is -2.50. The number of nitrogens with one attached hydrogen (secondary N) is 1. The number of halogens is 3. The molecular weight excluding hydrogens is 613 g/mol. The molecule has 2 saturated heterocycles. The summed E-state index contributed by atoms with van der Waals surface area (Å²) in [6.07, 6.45) is -0.682. The Morgan fingerprint density at radius 2 is 1.81 bits per heavy atom. The fraction of sp³-hybridized carbons (Fsp3) is 0.486. The predicted octanol–water partition coefficient (Wildman–Crippen LogP) is 5.99. The van der Waals surface area contributed by atoms with E-state index in [1.807, 2.05) is 20.8 Å². The van der Waals surface area contributed by atoms with Gasteiger partial charge in [-0.2, -0.15) is 8.78 Å². The van der Waals surface area contributed by atoms with E-state index in [1.54, 1.807) is 39.0 Å². The van der Waals surface area contributed by atoms with Gasteiger partial charge in [0.15, 0.2) is 0 Å². The second-order valence-corrected chi connectivity index (χ2v) is 11.7. The fourth-order valence-electron chi connectivity index (χ4n) is 5.19. The first kappa shape index (κ1) is 37.7. The third-order valence-corrected chi connectivity index (χ3v) is 8.23. The summed E-state index contributed by atoms with van der Waals surface area (Å²) >= 11 is 0. The van der Waals surface area contributed by atoms with Crippen LogP contribution in [0.5, 0.6) is 5.88 Å². The molecule has 4 unspecified atom stereocenters. The first-order valence-corrected chi connectivity index (χ1v) is 15.6. The topological polar surface area (TPSA) is 131 Å². The molecular formula is C35H47F3N4O5. The van der Waals surface area contributed by atoms with Gasteiger partial charge in [0.25, 0.3) is 0 Å². The van der Waals surface area contributed by atoms with Crippen molar-refractivity contribution < 1.29 is 37.6 Å². The molecule has 0 amide bonds. The Morgan fingerprint density at radius 3 is 2.36 bits per heavy atom. The van der Waals surface area contributed by atoms with E-state index in [0.717, 1.165) is 5.57 Å². The quantitative estimate of drug-likeness (QED) is 0.272. The molecule has 0 spiro atoms. The van der Waals surface area contributed by atoms with Gasteiger partial charge in [-0.1, -0.05) is 31.6 Å². The second kappa shape index (κ2) is 16.4. The predicted molar refractivity (Wildman–Crippen MR) is 177 cm³/mol. The number of pyridine rings is 1. The first-order chi connectivity index (χ1) is 22.2. The minimum Gasteiger partial charge on any atom is -0.481 e. The smallest absolute Gasteiger partial charge is 0.314 e. The standard InChI is InChI=1S/C29H35F3N4O.C6H12O4/c1-8-17(5)25-24(16(3)4)27(36-28(33)18(6)9-2)29(31,32)26(35-25)20-14-13-19(30)15-21(20)22-11-10-12-23(34-22)37-7;1-9-3-5-6(8)4(7)2-10-5/h10-15,26,35H,8-9,33H2,1-7H3;4-8H,2-3H2,1H3/b25-17+,28-18+,36-27+;. The number of nitrogens with two attached hydrogens (primary N) is 1. The molecule has 0 saturated carbocycles. The Kier molecular flexibility index (Phi) is 13.2. The molecule has 5 N–H and O–H groups in total. The van der Waals surface area contributed by atoms with Crippen molar-refractivity contribution in [1.82, 2.24) is 10.3 Å². The van der Waals surface area contributed by atoms with E-state index in [2.05, 4.69) is 15.3 Å². The fourth-order valence-corrected chi connectivity index (χ4v) is 5.19. The molecule has 2 aliphatic heterocycles. The minimum absolute atomic E-state index is 0.0684. The number of allylic oxidation sites excluding steroid dienone is 4. The summed E-state index contributed by atoms with van der Waals surface area (Å²) in [4.78, 5) is 8.71. The maximum absolute atomic E-state index is 16.6. The van der Waals surface area contributed by atoms with E-state index in [0.29, 0.717) is 53.4 Å². The Balaban J connectivity index is 0.000000511. The van der Waals surface area contributed by atoms with Gasteiger partial charge in [-0.05, 0) is 75.4 Å². The summed E-state index contributed by atoms with van der Waals surface area (Å²) in [5.41, 5.74) is 9.72. The highest BCUT2D eigenvalue weighted by molar-refractivity contribution is 6.11. The van der Waals surface area contributed by atoms with Crippen LogP contribution in [0.2, 0.25) is 0 Å². The molecule has 1 aromatic carbocycles. The van der Waals surface area contributed by atoms with E-state index in [1.165, 1.54) is 32.4 Å². The van der Waals surface area contributed by atoms with Gasteiger partial charge >= 0.3 is 5.92 Å². The molecule has 4 atom stereocenters. The lowest BCUT2D eigenvalue weighted by molar-refractivity contribution is -0.0178. The molecule has 47 heavy (non-hydrogen) atoms. The maximum Gasteiger partial charge on any atom is 0.314 e. The van der Waals surface area contributed by atoms with Crippen molar-refractivity contribution in [1.29, 1.82) is 0 Å². The van der Waals surface area contributed by atoms with Crippen LogP contribution in [0.1, 0.15) is 66.0 Å². The van der Waals surface area contributed by atoms with Gasteiger partial charge < -0.3 is 35.5 Å². The maximum atomic E-state index is 16.6. The van der Waals surface area contributed by atoms with E-state index in [4.69, 9.17) is 30.2 Å². The van der Waals surface area contributed by atoms with Gasteiger partial charge in [0, 0.05) is 30.0 Å². The number of aliphatic imine (C=N–C) groups is 1. The van der Waals surface area contributed by atoms with Crippen molar-refractivity contribution in [3.8, 4) is 17.1 Å². The van der Waals surface area contributed by atoms with E-state index in [9.17, 15) is 4.39 Å². The number of alkyl halides is 2. The molecule has 2 aromatic rings. The van der Waals surface area contributed by atoms with Gasteiger partial charge in [-0.3, -0.25) is 0 Å². The summed E-state index contributed by atoms with van der Waals surface area (Å²) < 4.78 is 62.5. The molecule has 0 bridgehead atoms. The van der Waals surface area contributed by atoms with Gasteiger partial charge in [0.05, 0.1) is 26.0 Å². The van der Waals surface area contributed by atoms with Crippen molar-refractivity contribution in [2.24, 2.45) is 10.7 Å².